The molecule has 0 aliphatic carbocycles. The summed E-state index contributed by atoms with van der Waals surface area (Å²) in [6.07, 6.45) is 3.91. The van der Waals surface area contributed by atoms with E-state index in [0.717, 1.165) is 25.8 Å². The predicted octanol–water partition coefficient (Wildman–Crippen LogP) is 2.48. The fourth-order valence-electron chi connectivity index (χ4n) is 4.68. The van der Waals surface area contributed by atoms with Gasteiger partial charge < -0.3 is 9.84 Å². The van der Waals surface area contributed by atoms with Crippen molar-refractivity contribution >= 4 is 21.7 Å². The molecular weight excluding hydrogens is 489 g/mol. The Kier molecular flexibility index (Phi) is 9.76. The van der Waals surface area contributed by atoms with Gasteiger partial charge in [-0.15, -0.1) is 0 Å². The van der Waals surface area contributed by atoms with Crippen LogP contribution in [-0.4, -0.2) is 45.6 Å². The molecule has 0 radical (unpaired) electrons. The van der Waals surface area contributed by atoms with E-state index >= 15 is 4.39 Å². The molecule has 0 fully saturated rings. The fourth-order valence-corrected chi connectivity index (χ4v) is 4.68. The molecule has 0 amide bonds. The van der Waals surface area contributed by atoms with Crippen molar-refractivity contribution in [3.8, 4) is 23.1 Å². The van der Waals surface area contributed by atoms with Crippen LogP contribution >= 0.6 is 0 Å². The van der Waals surface area contributed by atoms with Crippen LogP contribution in [0.4, 0.5) is 8.78 Å². The number of hydrogen-bond acceptors (Lipinski definition) is 6. The maximum atomic E-state index is 15.7. The monoisotopic (exact) mass is 518 g/mol. The van der Waals surface area contributed by atoms with Crippen molar-refractivity contribution in [3.05, 3.63) is 54.2 Å². The van der Waals surface area contributed by atoms with Crippen molar-refractivity contribution < 1.29 is 70.0 Å². The topological polar surface area (TPSA) is 74.2 Å². The van der Waals surface area contributed by atoms with E-state index in [-0.39, 0.29) is 97.1 Å². The molecule has 0 saturated heterocycles. The number of rotatable bonds is 9. The maximum absolute atomic E-state index is 15.7. The molecule has 184 valence electrons. The zero-order valence-corrected chi connectivity index (χ0v) is 24.6. The minimum Gasteiger partial charge on any atom is -0.858 e. The standard InChI is InChI=1S/C27H30F2N4O2.K/c1-5-14-27(6-2,33(4)7-3)16-35-26-31-24-19(25(34)32-26)15-30-23(22(24)29)18-12-8-10-17-11-9-13-20(28)21(17)18;/h8-13,15H,5-7,14,16H2,1-4H3,(H,31,32,34);/q;+1/p-1. The molecule has 0 aliphatic heterocycles. The Morgan fingerprint density at radius 1 is 1.06 bits per heavy atom. The molecule has 2 aromatic heterocycles. The molecule has 2 heterocycles. The van der Waals surface area contributed by atoms with Gasteiger partial charge in [-0.1, -0.05) is 57.5 Å². The number of nitrogens with zero attached hydrogens (tertiary/aromatic N) is 4. The molecule has 0 spiro atoms. The van der Waals surface area contributed by atoms with Crippen molar-refractivity contribution in [2.45, 2.75) is 45.6 Å². The number of halogens is 2. The molecular formula is C27H29F2KN4O2. The summed E-state index contributed by atoms with van der Waals surface area (Å²) < 4.78 is 36.3. The van der Waals surface area contributed by atoms with E-state index in [0.29, 0.717) is 5.39 Å². The summed E-state index contributed by atoms with van der Waals surface area (Å²) in [5, 5.41) is 13.5. The normalized spacial score (nSPS) is 13.1. The number of pyridine rings is 1. The number of benzene rings is 2. The van der Waals surface area contributed by atoms with Gasteiger partial charge in [-0.25, -0.2) is 13.8 Å². The van der Waals surface area contributed by atoms with Crippen LogP contribution in [-0.2, 0) is 0 Å². The largest absolute Gasteiger partial charge is 1.00 e. The summed E-state index contributed by atoms with van der Waals surface area (Å²) in [7, 11) is 2.03. The van der Waals surface area contributed by atoms with Gasteiger partial charge in [0.05, 0.1) is 5.54 Å². The van der Waals surface area contributed by atoms with Crippen LogP contribution in [0.3, 0.4) is 0 Å². The zero-order valence-electron chi connectivity index (χ0n) is 21.4. The molecule has 36 heavy (non-hydrogen) atoms. The molecule has 0 saturated carbocycles. The molecule has 1 unspecified atom stereocenters. The Morgan fingerprint density at radius 2 is 1.78 bits per heavy atom. The van der Waals surface area contributed by atoms with Crippen molar-refractivity contribution in [3.63, 3.8) is 0 Å². The van der Waals surface area contributed by atoms with Crippen LogP contribution in [0.5, 0.6) is 11.9 Å². The van der Waals surface area contributed by atoms with Gasteiger partial charge in [0.2, 0.25) is 0 Å². The molecule has 6 nitrogen and oxygen atoms in total. The van der Waals surface area contributed by atoms with Crippen molar-refractivity contribution in [1.29, 1.82) is 0 Å². The number of hydrogen-bond donors (Lipinski definition) is 0. The van der Waals surface area contributed by atoms with Gasteiger partial charge in [0.15, 0.2) is 5.82 Å². The molecule has 0 N–H and O–H groups in total. The van der Waals surface area contributed by atoms with Crippen LogP contribution in [0.15, 0.2) is 42.6 Å². The van der Waals surface area contributed by atoms with Crippen molar-refractivity contribution in [2.75, 3.05) is 20.2 Å². The van der Waals surface area contributed by atoms with E-state index in [1.807, 2.05) is 7.05 Å². The molecule has 4 aromatic rings. The van der Waals surface area contributed by atoms with Gasteiger partial charge in [-0.2, -0.15) is 4.98 Å². The van der Waals surface area contributed by atoms with E-state index in [9.17, 15) is 9.50 Å². The third kappa shape index (κ3) is 5.42. The van der Waals surface area contributed by atoms with Gasteiger partial charge in [0, 0.05) is 28.4 Å². The van der Waals surface area contributed by atoms with Gasteiger partial charge in [-0.3, -0.25) is 9.88 Å². The Morgan fingerprint density at radius 3 is 2.44 bits per heavy atom. The summed E-state index contributed by atoms with van der Waals surface area (Å²) >= 11 is 0. The molecule has 9 heteroatoms. The fraction of sp³-hybridized carbons (Fsp3) is 0.370. The van der Waals surface area contributed by atoms with Crippen LogP contribution in [0.2, 0.25) is 0 Å². The third-order valence-electron chi connectivity index (χ3n) is 6.87. The Balaban J connectivity index is 0.00000361. The first-order valence-corrected chi connectivity index (χ1v) is 11.9. The van der Waals surface area contributed by atoms with E-state index in [4.69, 9.17) is 4.74 Å². The number of likely N-dealkylation sites (N-methyl/N-ethyl adjacent to an activating group) is 1. The predicted molar refractivity (Wildman–Crippen MR) is 131 cm³/mol. The van der Waals surface area contributed by atoms with Crippen LogP contribution in [0, 0.1) is 11.6 Å². The maximum Gasteiger partial charge on any atom is 1.00 e. The Hall–Kier alpha value is -1.75. The number of aromatic nitrogens is 3. The summed E-state index contributed by atoms with van der Waals surface area (Å²) in [6.45, 7) is 7.36. The number of fused-ring (bicyclic) bond motifs is 2. The summed E-state index contributed by atoms with van der Waals surface area (Å²) in [6, 6.07) is 9.53. The minimum absolute atomic E-state index is 0. The van der Waals surface area contributed by atoms with Gasteiger partial charge in [0.1, 0.15) is 23.6 Å². The molecule has 0 bridgehead atoms. The van der Waals surface area contributed by atoms with Gasteiger partial charge in [0.25, 0.3) is 0 Å². The van der Waals surface area contributed by atoms with Crippen LogP contribution in [0.1, 0.15) is 40.0 Å². The van der Waals surface area contributed by atoms with Crippen LogP contribution < -0.4 is 61.2 Å². The molecule has 1 atom stereocenters. The molecule has 4 rings (SSSR count). The second kappa shape index (κ2) is 12.2. The SMILES string of the molecule is CCCC(CC)(COc1nc([O-])c2cnc(-c3cccc4cccc(F)c34)c(F)c2n1)N(C)CC.[K+]. The zero-order chi connectivity index (χ0) is 25.2. The van der Waals surface area contributed by atoms with E-state index in [1.54, 1.807) is 30.3 Å². The van der Waals surface area contributed by atoms with E-state index < -0.39 is 17.5 Å². The second-order valence-electron chi connectivity index (χ2n) is 8.77. The second-order valence-corrected chi connectivity index (χ2v) is 8.77. The molecule has 2 aromatic carbocycles. The van der Waals surface area contributed by atoms with Crippen LogP contribution in [0.25, 0.3) is 32.9 Å². The summed E-state index contributed by atoms with van der Waals surface area (Å²) in [5.41, 5.74) is -0.254. The summed E-state index contributed by atoms with van der Waals surface area (Å²) in [5.74, 6) is -1.97. The quantitative estimate of drug-likeness (QED) is 0.317. The van der Waals surface area contributed by atoms with Crippen molar-refractivity contribution in [2.24, 2.45) is 0 Å². The Labute approximate surface area is 252 Å². The molecule has 0 aliphatic rings. The third-order valence-corrected chi connectivity index (χ3v) is 6.87. The number of ether oxygens (including phenoxy) is 1. The van der Waals surface area contributed by atoms with Crippen molar-refractivity contribution in [1.82, 2.24) is 19.9 Å². The average Bonchev–Trinajstić information content (AvgIpc) is 2.86. The van der Waals surface area contributed by atoms with Gasteiger partial charge >= 0.3 is 57.4 Å². The smallest absolute Gasteiger partial charge is 0.858 e. The minimum atomic E-state index is -0.816. The average molecular weight is 519 g/mol. The van der Waals surface area contributed by atoms with E-state index in [2.05, 4.69) is 40.6 Å². The van der Waals surface area contributed by atoms with Gasteiger partial charge in [-0.05, 0) is 37.9 Å². The first-order chi connectivity index (χ1) is 16.8. The Bertz CT molecular complexity index is 1370. The summed E-state index contributed by atoms with van der Waals surface area (Å²) in [4.78, 5) is 14.5. The first kappa shape index (κ1) is 28.8. The first-order valence-electron chi connectivity index (χ1n) is 11.9. The van der Waals surface area contributed by atoms with E-state index in [1.165, 1.54) is 12.3 Å².